The summed E-state index contributed by atoms with van der Waals surface area (Å²) in [7, 11) is 0. The van der Waals surface area contributed by atoms with Gasteiger partial charge >= 0.3 is 0 Å². The minimum Gasteiger partial charge on any atom is -0.389 e. The van der Waals surface area contributed by atoms with Crippen LogP contribution in [0.25, 0.3) is 0 Å². The van der Waals surface area contributed by atoms with E-state index in [4.69, 9.17) is 6.42 Å². The van der Waals surface area contributed by atoms with E-state index < -0.39 is 5.60 Å². The molecule has 0 bridgehead atoms. The summed E-state index contributed by atoms with van der Waals surface area (Å²) in [6.45, 7) is 8.43. The number of rotatable bonds is 1. The number of piperidine rings is 1. The largest absolute Gasteiger partial charge is 0.389 e. The fourth-order valence-corrected chi connectivity index (χ4v) is 3.03. The summed E-state index contributed by atoms with van der Waals surface area (Å²) in [5.74, 6) is 2.58. The average molecular weight is 195 g/mol. The second-order valence-electron chi connectivity index (χ2n) is 5.85. The zero-order valence-corrected chi connectivity index (χ0v) is 9.65. The molecule has 0 atom stereocenters. The van der Waals surface area contributed by atoms with Gasteiger partial charge in [-0.3, -0.25) is 0 Å². The summed E-state index contributed by atoms with van der Waals surface area (Å²) in [5.41, 5.74) is -0.798. The Morgan fingerprint density at radius 2 is 1.64 bits per heavy atom. The lowest BCUT2D eigenvalue weighted by Gasteiger charge is -2.50. The van der Waals surface area contributed by atoms with Gasteiger partial charge in [-0.05, 0) is 40.5 Å². The minimum atomic E-state index is -0.701. The number of hydrogen-bond donors (Lipinski definition) is 2. The Bertz CT molecular complexity index is 244. The molecule has 1 fully saturated rings. The molecule has 0 aromatic heterocycles. The fraction of sp³-hybridized carbons (Fsp3) is 0.833. The molecule has 2 N–H and O–H groups in total. The molecule has 1 rings (SSSR count). The molecule has 0 aliphatic carbocycles. The molecule has 0 radical (unpaired) electrons. The molecule has 0 amide bonds. The average Bonchev–Trinajstić information content (AvgIpc) is 1.75. The molecule has 2 heteroatoms. The normalized spacial score (nSPS) is 28.0. The monoisotopic (exact) mass is 195 g/mol. The van der Waals surface area contributed by atoms with Crippen LogP contribution < -0.4 is 5.32 Å². The number of nitrogens with one attached hydrogen (secondary N) is 1. The lowest BCUT2D eigenvalue weighted by Crippen LogP contribution is -2.63. The van der Waals surface area contributed by atoms with Crippen LogP contribution in [0.4, 0.5) is 0 Å². The Labute approximate surface area is 87.1 Å². The van der Waals surface area contributed by atoms with Gasteiger partial charge in [-0.1, -0.05) is 0 Å². The molecule has 1 saturated heterocycles. The molecule has 1 aliphatic heterocycles. The van der Waals surface area contributed by atoms with Crippen LogP contribution in [-0.4, -0.2) is 21.8 Å². The van der Waals surface area contributed by atoms with Crippen molar-refractivity contribution < 1.29 is 5.11 Å². The van der Waals surface area contributed by atoms with E-state index in [-0.39, 0.29) is 11.1 Å². The molecule has 80 valence electrons. The molecular weight excluding hydrogens is 174 g/mol. The van der Waals surface area contributed by atoms with E-state index in [2.05, 4.69) is 38.9 Å². The standard InChI is InChI=1S/C12H21NO/c1-6-7-12(14)8-10(2,3)13-11(4,5)9-12/h1,13-14H,7-9H2,2-5H3. The van der Waals surface area contributed by atoms with Gasteiger partial charge in [-0.15, -0.1) is 12.3 Å². The summed E-state index contributed by atoms with van der Waals surface area (Å²) in [4.78, 5) is 0. The number of hydrogen-bond acceptors (Lipinski definition) is 2. The molecule has 2 nitrogen and oxygen atoms in total. The fourth-order valence-electron chi connectivity index (χ4n) is 3.03. The zero-order chi connectivity index (χ0) is 11.0. The maximum atomic E-state index is 10.4. The van der Waals surface area contributed by atoms with Gasteiger partial charge in [0.1, 0.15) is 0 Å². The third-order valence-electron chi connectivity index (χ3n) is 2.65. The first kappa shape index (κ1) is 11.6. The molecule has 14 heavy (non-hydrogen) atoms. The van der Waals surface area contributed by atoms with Gasteiger partial charge in [0, 0.05) is 17.5 Å². The third kappa shape index (κ3) is 2.73. The first-order chi connectivity index (χ1) is 6.18. The van der Waals surface area contributed by atoms with E-state index in [1.54, 1.807) is 0 Å². The van der Waals surface area contributed by atoms with Crippen molar-refractivity contribution in [1.82, 2.24) is 5.32 Å². The second-order valence-corrected chi connectivity index (χ2v) is 5.85. The van der Waals surface area contributed by atoms with Crippen molar-refractivity contribution in [2.45, 2.75) is 63.6 Å². The Morgan fingerprint density at radius 1 is 1.21 bits per heavy atom. The van der Waals surface area contributed by atoms with Gasteiger partial charge in [0.25, 0.3) is 0 Å². The van der Waals surface area contributed by atoms with E-state index in [0.29, 0.717) is 19.3 Å². The van der Waals surface area contributed by atoms with E-state index in [0.717, 1.165) is 0 Å². The molecule has 0 aromatic rings. The minimum absolute atomic E-state index is 0.0483. The van der Waals surface area contributed by atoms with Crippen LogP contribution in [0.5, 0.6) is 0 Å². The van der Waals surface area contributed by atoms with E-state index in [9.17, 15) is 5.11 Å². The van der Waals surface area contributed by atoms with Crippen LogP contribution >= 0.6 is 0 Å². The van der Waals surface area contributed by atoms with Crippen LogP contribution in [0.15, 0.2) is 0 Å². The number of aliphatic hydroxyl groups is 1. The molecule has 1 heterocycles. The topological polar surface area (TPSA) is 32.3 Å². The summed E-state index contributed by atoms with van der Waals surface area (Å²) < 4.78 is 0. The van der Waals surface area contributed by atoms with Crippen molar-refractivity contribution in [3.05, 3.63) is 0 Å². The van der Waals surface area contributed by atoms with Gasteiger partial charge < -0.3 is 10.4 Å². The molecule has 0 unspecified atom stereocenters. The second kappa shape index (κ2) is 3.25. The van der Waals surface area contributed by atoms with Gasteiger partial charge in [0.15, 0.2) is 0 Å². The zero-order valence-electron chi connectivity index (χ0n) is 9.65. The first-order valence-electron chi connectivity index (χ1n) is 5.13. The SMILES string of the molecule is C#CCC1(O)CC(C)(C)NC(C)(C)C1. The summed E-state index contributed by atoms with van der Waals surface area (Å²) in [6, 6.07) is 0. The molecule has 0 spiro atoms. The Balaban J connectivity index is 2.87. The number of terminal acetylenes is 1. The third-order valence-corrected chi connectivity index (χ3v) is 2.65. The Kier molecular flexibility index (Phi) is 2.69. The van der Waals surface area contributed by atoms with Gasteiger partial charge in [-0.2, -0.15) is 0 Å². The van der Waals surface area contributed by atoms with Gasteiger partial charge in [0.2, 0.25) is 0 Å². The maximum Gasteiger partial charge on any atom is 0.0791 e. The van der Waals surface area contributed by atoms with Crippen molar-refractivity contribution in [3.63, 3.8) is 0 Å². The highest BCUT2D eigenvalue weighted by Crippen LogP contribution is 2.37. The van der Waals surface area contributed by atoms with Crippen molar-refractivity contribution in [2.24, 2.45) is 0 Å². The van der Waals surface area contributed by atoms with Crippen LogP contribution in [0.2, 0.25) is 0 Å². The summed E-state index contributed by atoms with van der Waals surface area (Å²) in [6.07, 6.45) is 7.17. The van der Waals surface area contributed by atoms with Crippen LogP contribution in [0, 0.1) is 12.3 Å². The first-order valence-corrected chi connectivity index (χ1v) is 5.13. The lowest BCUT2D eigenvalue weighted by atomic mass is 9.72. The van der Waals surface area contributed by atoms with Crippen molar-refractivity contribution in [3.8, 4) is 12.3 Å². The van der Waals surface area contributed by atoms with E-state index >= 15 is 0 Å². The highest BCUT2D eigenvalue weighted by atomic mass is 16.3. The van der Waals surface area contributed by atoms with Crippen LogP contribution in [-0.2, 0) is 0 Å². The van der Waals surface area contributed by atoms with Gasteiger partial charge in [0.05, 0.1) is 5.60 Å². The Morgan fingerprint density at radius 3 is 2.00 bits per heavy atom. The van der Waals surface area contributed by atoms with Crippen LogP contribution in [0.1, 0.15) is 47.0 Å². The summed E-state index contributed by atoms with van der Waals surface area (Å²) >= 11 is 0. The quantitative estimate of drug-likeness (QED) is 0.624. The smallest absolute Gasteiger partial charge is 0.0791 e. The lowest BCUT2D eigenvalue weighted by molar-refractivity contribution is -0.0520. The predicted octanol–water partition coefficient (Wildman–Crippen LogP) is 1.68. The molecular formula is C12H21NO. The maximum absolute atomic E-state index is 10.4. The predicted molar refractivity (Wildman–Crippen MR) is 58.9 cm³/mol. The highest BCUT2D eigenvalue weighted by Gasteiger charge is 2.45. The highest BCUT2D eigenvalue weighted by molar-refractivity contribution is 5.08. The van der Waals surface area contributed by atoms with Crippen LogP contribution in [0.3, 0.4) is 0 Å². The Hall–Kier alpha value is -0.520. The molecule has 0 saturated carbocycles. The van der Waals surface area contributed by atoms with Crippen molar-refractivity contribution >= 4 is 0 Å². The molecule has 0 aromatic carbocycles. The van der Waals surface area contributed by atoms with Gasteiger partial charge in [-0.25, -0.2) is 0 Å². The van der Waals surface area contributed by atoms with Crippen molar-refractivity contribution in [2.75, 3.05) is 0 Å². The van der Waals surface area contributed by atoms with Crippen molar-refractivity contribution in [1.29, 1.82) is 0 Å². The molecule has 1 aliphatic rings. The van der Waals surface area contributed by atoms with E-state index in [1.807, 2.05) is 0 Å². The van der Waals surface area contributed by atoms with E-state index in [1.165, 1.54) is 0 Å². The summed E-state index contributed by atoms with van der Waals surface area (Å²) in [5, 5.41) is 13.9.